The summed E-state index contributed by atoms with van der Waals surface area (Å²) in [6, 6.07) is 13.3. The molecule has 1 N–H and O–H groups in total. The second-order valence-electron chi connectivity index (χ2n) is 5.74. The van der Waals surface area contributed by atoms with Crippen molar-refractivity contribution in [3.8, 4) is 11.4 Å². The van der Waals surface area contributed by atoms with Crippen LogP contribution in [0.1, 0.15) is 30.5 Å². The first kappa shape index (κ1) is 17.1. The lowest BCUT2D eigenvalue weighted by atomic mass is 10.0. The molecule has 1 heterocycles. The van der Waals surface area contributed by atoms with Crippen LogP contribution in [-0.4, -0.2) is 21.9 Å². The van der Waals surface area contributed by atoms with Crippen LogP contribution < -0.4 is 10.1 Å². The third-order valence-electron chi connectivity index (χ3n) is 4.16. The topological polar surface area (TPSA) is 52.0 Å². The van der Waals surface area contributed by atoms with Gasteiger partial charge in [0.2, 0.25) is 0 Å². The summed E-state index contributed by atoms with van der Waals surface area (Å²) >= 11 is 0. The van der Waals surface area contributed by atoms with Gasteiger partial charge in [-0.2, -0.15) is 5.10 Å². The summed E-state index contributed by atoms with van der Waals surface area (Å²) in [5.74, 6) is 0.520. The molecule has 0 fully saturated rings. The van der Waals surface area contributed by atoms with Crippen molar-refractivity contribution in [2.75, 3.05) is 7.11 Å². The van der Waals surface area contributed by atoms with Crippen molar-refractivity contribution in [3.05, 3.63) is 72.1 Å². The van der Waals surface area contributed by atoms with E-state index in [0.717, 1.165) is 17.7 Å². The molecule has 6 heteroatoms. The maximum absolute atomic E-state index is 14.3. The van der Waals surface area contributed by atoms with Crippen molar-refractivity contribution in [2.45, 2.75) is 25.9 Å². The van der Waals surface area contributed by atoms with Crippen LogP contribution >= 0.6 is 0 Å². The first-order valence-electron chi connectivity index (χ1n) is 8.22. The van der Waals surface area contributed by atoms with Gasteiger partial charge in [0.05, 0.1) is 7.11 Å². The van der Waals surface area contributed by atoms with Crippen molar-refractivity contribution in [2.24, 2.45) is 0 Å². The number of methoxy groups -OCH3 is 1. The minimum absolute atomic E-state index is 0.198. The van der Waals surface area contributed by atoms with Gasteiger partial charge in [0, 0.05) is 12.6 Å². The van der Waals surface area contributed by atoms with Gasteiger partial charge >= 0.3 is 0 Å². The van der Waals surface area contributed by atoms with Crippen LogP contribution in [-0.2, 0) is 6.54 Å². The minimum Gasteiger partial charge on any atom is -0.497 e. The summed E-state index contributed by atoms with van der Waals surface area (Å²) in [6.45, 7) is 2.70. The quantitative estimate of drug-likeness (QED) is 0.713. The van der Waals surface area contributed by atoms with Crippen LogP contribution in [0.15, 0.2) is 55.1 Å². The molecule has 0 saturated carbocycles. The van der Waals surface area contributed by atoms with Gasteiger partial charge in [-0.25, -0.2) is 14.1 Å². The Morgan fingerprint density at radius 2 is 2.00 bits per heavy atom. The maximum Gasteiger partial charge on any atom is 0.149 e. The molecule has 25 heavy (non-hydrogen) atoms. The molecule has 0 radical (unpaired) electrons. The van der Waals surface area contributed by atoms with Gasteiger partial charge in [0.25, 0.3) is 0 Å². The van der Waals surface area contributed by atoms with E-state index in [0.29, 0.717) is 12.2 Å². The number of ether oxygens (including phenoxy) is 1. The standard InChI is InChI=1S/C19H21FN4O/c1-3-18(15-5-7-16(25-2)8-6-15)22-11-14-4-9-19(17(20)10-14)24-13-21-12-23-24/h4-10,12-13,18,22H,3,11H2,1-2H3/t18-/m1/s1. The number of benzene rings is 2. The van der Waals surface area contributed by atoms with E-state index in [1.807, 2.05) is 30.3 Å². The molecule has 130 valence electrons. The van der Waals surface area contributed by atoms with Crippen molar-refractivity contribution in [3.63, 3.8) is 0 Å². The normalized spacial score (nSPS) is 12.1. The van der Waals surface area contributed by atoms with Crippen LogP contribution in [0.25, 0.3) is 5.69 Å². The molecule has 3 aromatic rings. The van der Waals surface area contributed by atoms with Crippen LogP contribution in [0, 0.1) is 5.82 Å². The molecule has 0 unspecified atom stereocenters. The Hall–Kier alpha value is -2.73. The van der Waals surface area contributed by atoms with E-state index in [1.165, 1.54) is 29.0 Å². The number of nitrogens with zero attached hydrogens (tertiary/aromatic N) is 3. The largest absolute Gasteiger partial charge is 0.497 e. The van der Waals surface area contributed by atoms with Gasteiger partial charge in [0.15, 0.2) is 0 Å². The molecule has 0 spiro atoms. The summed E-state index contributed by atoms with van der Waals surface area (Å²) in [5, 5.41) is 7.44. The maximum atomic E-state index is 14.3. The first-order chi connectivity index (χ1) is 12.2. The lowest BCUT2D eigenvalue weighted by molar-refractivity contribution is 0.414. The molecule has 0 saturated heterocycles. The number of rotatable bonds is 7. The van der Waals surface area contributed by atoms with Gasteiger partial charge in [-0.1, -0.05) is 25.1 Å². The van der Waals surface area contributed by atoms with Gasteiger partial charge in [-0.05, 0) is 41.8 Å². The van der Waals surface area contributed by atoms with Crippen LogP contribution in [0.4, 0.5) is 4.39 Å². The SMILES string of the molecule is CC[C@@H](NCc1ccc(-n2cncn2)c(F)c1)c1ccc(OC)cc1. The molecule has 2 aromatic carbocycles. The van der Waals surface area contributed by atoms with Gasteiger partial charge in [-0.15, -0.1) is 0 Å². The summed E-state index contributed by atoms with van der Waals surface area (Å²) < 4.78 is 20.9. The summed E-state index contributed by atoms with van der Waals surface area (Å²) in [6.07, 6.45) is 3.80. The monoisotopic (exact) mass is 340 g/mol. The van der Waals surface area contributed by atoms with Gasteiger partial charge in [0.1, 0.15) is 29.9 Å². The number of aromatic nitrogens is 3. The Labute approximate surface area is 146 Å². The van der Waals surface area contributed by atoms with Crippen molar-refractivity contribution >= 4 is 0 Å². The Morgan fingerprint density at radius 1 is 1.20 bits per heavy atom. The Kier molecular flexibility index (Phi) is 5.40. The number of nitrogens with one attached hydrogen (secondary N) is 1. The summed E-state index contributed by atoms with van der Waals surface area (Å²) in [5.41, 5.74) is 2.46. The fourth-order valence-corrected chi connectivity index (χ4v) is 2.75. The molecule has 1 aromatic heterocycles. The predicted molar refractivity (Wildman–Crippen MR) is 94.2 cm³/mol. The van der Waals surface area contributed by atoms with E-state index < -0.39 is 0 Å². The highest BCUT2D eigenvalue weighted by atomic mass is 19.1. The molecule has 0 amide bonds. The van der Waals surface area contributed by atoms with E-state index in [9.17, 15) is 4.39 Å². The molecule has 0 aliphatic rings. The highest BCUT2D eigenvalue weighted by Crippen LogP contribution is 2.21. The highest BCUT2D eigenvalue weighted by molar-refractivity contribution is 5.35. The van der Waals surface area contributed by atoms with Crippen LogP contribution in [0.3, 0.4) is 0 Å². The molecular weight excluding hydrogens is 319 g/mol. The second kappa shape index (κ2) is 7.90. The zero-order valence-corrected chi connectivity index (χ0v) is 14.3. The third kappa shape index (κ3) is 4.03. The Balaban J connectivity index is 1.68. The predicted octanol–water partition coefficient (Wildman–Crippen LogP) is 3.66. The fraction of sp³-hybridized carbons (Fsp3) is 0.263. The Morgan fingerprint density at radius 3 is 2.60 bits per heavy atom. The number of hydrogen-bond donors (Lipinski definition) is 1. The van der Waals surface area contributed by atoms with E-state index in [4.69, 9.17) is 4.74 Å². The molecular formula is C19H21FN4O. The summed E-state index contributed by atoms with van der Waals surface area (Å²) in [4.78, 5) is 3.84. The van der Waals surface area contributed by atoms with Crippen LogP contribution in [0.2, 0.25) is 0 Å². The highest BCUT2D eigenvalue weighted by Gasteiger charge is 2.11. The minimum atomic E-state index is -0.317. The average Bonchev–Trinajstić information content (AvgIpc) is 3.17. The van der Waals surface area contributed by atoms with Gasteiger partial charge < -0.3 is 10.1 Å². The van der Waals surface area contributed by atoms with E-state index in [-0.39, 0.29) is 11.9 Å². The molecule has 5 nitrogen and oxygen atoms in total. The third-order valence-corrected chi connectivity index (χ3v) is 4.16. The molecule has 3 rings (SSSR count). The van der Waals surface area contributed by atoms with E-state index in [1.54, 1.807) is 13.2 Å². The van der Waals surface area contributed by atoms with Crippen molar-refractivity contribution < 1.29 is 9.13 Å². The molecule has 1 atom stereocenters. The lowest BCUT2D eigenvalue weighted by Crippen LogP contribution is -2.20. The molecule has 0 aliphatic carbocycles. The lowest BCUT2D eigenvalue weighted by Gasteiger charge is -2.18. The van der Waals surface area contributed by atoms with Crippen LogP contribution in [0.5, 0.6) is 5.75 Å². The first-order valence-corrected chi connectivity index (χ1v) is 8.22. The molecule has 0 bridgehead atoms. The number of hydrogen-bond acceptors (Lipinski definition) is 4. The number of halogens is 1. The van der Waals surface area contributed by atoms with Gasteiger partial charge in [-0.3, -0.25) is 0 Å². The fourth-order valence-electron chi connectivity index (χ4n) is 2.75. The smallest absolute Gasteiger partial charge is 0.149 e. The van der Waals surface area contributed by atoms with E-state index in [2.05, 4.69) is 22.3 Å². The zero-order chi connectivity index (χ0) is 17.6. The average molecular weight is 340 g/mol. The molecule has 0 aliphatic heterocycles. The van der Waals surface area contributed by atoms with E-state index >= 15 is 0 Å². The zero-order valence-electron chi connectivity index (χ0n) is 14.3. The van der Waals surface area contributed by atoms with Crippen molar-refractivity contribution in [1.82, 2.24) is 20.1 Å². The summed E-state index contributed by atoms with van der Waals surface area (Å²) in [7, 11) is 1.65. The Bertz CT molecular complexity index is 803. The second-order valence-corrected chi connectivity index (χ2v) is 5.74. The van der Waals surface area contributed by atoms with Crippen molar-refractivity contribution in [1.29, 1.82) is 0 Å².